The molecule has 20 heavy (non-hydrogen) atoms. The van der Waals surface area contributed by atoms with Crippen molar-refractivity contribution in [1.82, 2.24) is 10.2 Å². The van der Waals surface area contributed by atoms with E-state index in [9.17, 15) is 4.79 Å². The third-order valence-corrected chi connectivity index (χ3v) is 3.88. The van der Waals surface area contributed by atoms with E-state index in [1.165, 1.54) is 0 Å². The van der Waals surface area contributed by atoms with Crippen LogP contribution in [-0.2, 0) is 20.9 Å². The average molecular weight is 276 g/mol. The van der Waals surface area contributed by atoms with Gasteiger partial charge in [-0.05, 0) is 5.56 Å². The smallest absolute Gasteiger partial charge is 0.320 e. The van der Waals surface area contributed by atoms with E-state index in [1.54, 1.807) is 0 Å². The average Bonchev–Trinajstić information content (AvgIpc) is 2.96. The highest BCUT2D eigenvalue weighted by atomic mass is 16.5. The minimum atomic E-state index is -0.165. The number of fused-ring (bicyclic) bond motifs is 1. The second kappa shape index (κ2) is 6.35. The summed E-state index contributed by atoms with van der Waals surface area (Å²) in [5, 5.41) is 3.31. The molecule has 1 aromatic carbocycles. The second-order valence-electron chi connectivity index (χ2n) is 5.25. The molecule has 0 amide bonds. The Bertz CT molecular complexity index is 452. The Balaban J connectivity index is 1.48. The molecule has 1 aromatic rings. The van der Waals surface area contributed by atoms with Gasteiger partial charge in [-0.25, -0.2) is 0 Å². The lowest BCUT2D eigenvalue weighted by atomic mass is 10.1. The fourth-order valence-corrected chi connectivity index (χ4v) is 2.81. The lowest BCUT2D eigenvalue weighted by molar-refractivity contribution is -0.149. The predicted molar refractivity (Wildman–Crippen MR) is 74.2 cm³/mol. The number of hydrogen-bond acceptors (Lipinski definition) is 5. The van der Waals surface area contributed by atoms with Crippen LogP contribution < -0.4 is 5.32 Å². The van der Waals surface area contributed by atoms with Crippen molar-refractivity contribution in [3.05, 3.63) is 35.9 Å². The summed E-state index contributed by atoms with van der Waals surface area (Å²) < 4.78 is 11.0. The van der Waals surface area contributed by atoms with Gasteiger partial charge in [-0.15, -0.1) is 0 Å². The number of morpholine rings is 1. The van der Waals surface area contributed by atoms with Crippen LogP contribution in [-0.4, -0.2) is 55.8 Å². The van der Waals surface area contributed by atoms with Crippen LogP contribution in [0.5, 0.6) is 0 Å². The van der Waals surface area contributed by atoms with Crippen molar-refractivity contribution in [2.45, 2.75) is 18.8 Å². The van der Waals surface area contributed by atoms with E-state index in [4.69, 9.17) is 9.47 Å². The van der Waals surface area contributed by atoms with Crippen molar-refractivity contribution < 1.29 is 14.3 Å². The minimum absolute atomic E-state index is 0.165. The van der Waals surface area contributed by atoms with Gasteiger partial charge in [0.2, 0.25) is 0 Å². The van der Waals surface area contributed by atoms with Crippen molar-refractivity contribution >= 4 is 5.97 Å². The summed E-state index contributed by atoms with van der Waals surface area (Å²) in [6, 6.07) is 10.1. The van der Waals surface area contributed by atoms with Crippen LogP contribution in [0.3, 0.4) is 0 Å². The number of rotatable bonds is 4. The Morgan fingerprint density at radius 2 is 2.20 bits per heavy atom. The topological polar surface area (TPSA) is 50.8 Å². The summed E-state index contributed by atoms with van der Waals surface area (Å²) in [5.74, 6) is -0.165. The summed E-state index contributed by atoms with van der Waals surface area (Å²) >= 11 is 0. The van der Waals surface area contributed by atoms with Crippen LogP contribution in [0.15, 0.2) is 30.3 Å². The lowest BCUT2D eigenvalue weighted by Gasteiger charge is -2.36. The third-order valence-electron chi connectivity index (χ3n) is 3.88. The number of ether oxygens (including phenoxy) is 2. The van der Waals surface area contributed by atoms with E-state index in [2.05, 4.69) is 10.2 Å². The molecule has 2 fully saturated rings. The summed E-state index contributed by atoms with van der Waals surface area (Å²) in [6.07, 6.45) is 0.214. The molecule has 0 bridgehead atoms. The van der Waals surface area contributed by atoms with Crippen LogP contribution >= 0.6 is 0 Å². The lowest BCUT2D eigenvalue weighted by Crippen LogP contribution is -2.52. The monoisotopic (exact) mass is 276 g/mol. The summed E-state index contributed by atoms with van der Waals surface area (Å²) in [4.78, 5) is 14.1. The van der Waals surface area contributed by atoms with Crippen molar-refractivity contribution in [1.29, 1.82) is 0 Å². The molecule has 2 atom stereocenters. The number of esters is 1. The van der Waals surface area contributed by atoms with E-state index in [0.717, 1.165) is 25.2 Å². The normalized spacial score (nSPS) is 26.2. The highest BCUT2D eigenvalue weighted by molar-refractivity contribution is 5.71. The summed E-state index contributed by atoms with van der Waals surface area (Å²) in [5.41, 5.74) is 1.02. The highest BCUT2D eigenvalue weighted by Gasteiger charge is 2.36. The van der Waals surface area contributed by atoms with E-state index in [1.807, 2.05) is 30.3 Å². The first-order valence-corrected chi connectivity index (χ1v) is 7.09. The van der Waals surface area contributed by atoms with Gasteiger partial charge in [-0.1, -0.05) is 30.3 Å². The van der Waals surface area contributed by atoms with E-state index >= 15 is 0 Å². The zero-order valence-corrected chi connectivity index (χ0v) is 11.5. The molecule has 5 heteroatoms. The summed E-state index contributed by atoms with van der Waals surface area (Å²) in [7, 11) is 0. The highest BCUT2D eigenvalue weighted by Crippen LogP contribution is 2.17. The van der Waals surface area contributed by atoms with Crippen molar-refractivity contribution in [3.63, 3.8) is 0 Å². The second-order valence-corrected chi connectivity index (χ2v) is 5.25. The van der Waals surface area contributed by atoms with Gasteiger partial charge in [0.15, 0.2) is 0 Å². The molecule has 0 aliphatic carbocycles. The molecule has 3 rings (SSSR count). The molecular formula is C15H20N2O3. The Hall–Kier alpha value is -1.43. The van der Waals surface area contributed by atoms with Gasteiger partial charge in [-0.3, -0.25) is 9.69 Å². The largest absolute Gasteiger partial charge is 0.460 e. The van der Waals surface area contributed by atoms with Gasteiger partial charge in [0.25, 0.3) is 0 Å². The van der Waals surface area contributed by atoms with Crippen LogP contribution in [0.2, 0.25) is 0 Å². The SMILES string of the molecule is O=C(CN1CCO[C@H]2CNC[C@H]21)OCc1ccccc1. The van der Waals surface area contributed by atoms with E-state index in [-0.39, 0.29) is 12.1 Å². The molecule has 0 unspecified atom stereocenters. The van der Waals surface area contributed by atoms with Gasteiger partial charge in [0, 0.05) is 19.6 Å². The maximum Gasteiger partial charge on any atom is 0.320 e. The first kappa shape index (κ1) is 13.5. The summed E-state index contributed by atoms with van der Waals surface area (Å²) in [6.45, 7) is 3.93. The maximum atomic E-state index is 11.9. The number of nitrogens with zero attached hydrogens (tertiary/aromatic N) is 1. The van der Waals surface area contributed by atoms with Gasteiger partial charge in [0.05, 0.1) is 25.3 Å². The molecule has 2 saturated heterocycles. The van der Waals surface area contributed by atoms with Crippen LogP contribution in [0.1, 0.15) is 5.56 Å². The molecule has 0 radical (unpaired) electrons. The van der Waals surface area contributed by atoms with Crippen LogP contribution in [0.25, 0.3) is 0 Å². The third kappa shape index (κ3) is 3.17. The van der Waals surface area contributed by atoms with E-state index in [0.29, 0.717) is 25.8 Å². The maximum absolute atomic E-state index is 11.9. The van der Waals surface area contributed by atoms with Crippen molar-refractivity contribution in [3.8, 4) is 0 Å². The Labute approximate surface area is 118 Å². The molecule has 2 aliphatic rings. The molecule has 1 N–H and O–H groups in total. The molecule has 108 valence electrons. The van der Waals surface area contributed by atoms with Gasteiger partial charge < -0.3 is 14.8 Å². The van der Waals surface area contributed by atoms with Crippen molar-refractivity contribution in [2.24, 2.45) is 0 Å². The molecule has 0 aromatic heterocycles. The Kier molecular flexibility index (Phi) is 4.30. The first-order valence-electron chi connectivity index (χ1n) is 7.09. The molecule has 0 spiro atoms. The number of benzene rings is 1. The quantitative estimate of drug-likeness (QED) is 0.807. The molecule has 2 heterocycles. The van der Waals surface area contributed by atoms with Gasteiger partial charge in [0.1, 0.15) is 6.61 Å². The molecule has 2 aliphatic heterocycles. The number of hydrogen-bond donors (Lipinski definition) is 1. The van der Waals surface area contributed by atoms with Crippen molar-refractivity contribution in [2.75, 3.05) is 32.8 Å². The first-order chi connectivity index (χ1) is 9.83. The standard InChI is InChI=1S/C15H20N2O3/c18-15(20-11-12-4-2-1-3-5-12)10-17-6-7-19-14-9-16-8-13(14)17/h1-5,13-14,16H,6-11H2/t13-,14+/m1/s1. The van der Waals surface area contributed by atoms with Gasteiger partial charge in [-0.2, -0.15) is 0 Å². The zero-order valence-electron chi connectivity index (χ0n) is 11.5. The Morgan fingerprint density at radius 3 is 3.05 bits per heavy atom. The van der Waals surface area contributed by atoms with E-state index < -0.39 is 0 Å². The number of carbonyl (C=O) groups is 1. The minimum Gasteiger partial charge on any atom is -0.460 e. The number of nitrogens with one attached hydrogen (secondary N) is 1. The fourth-order valence-electron chi connectivity index (χ4n) is 2.81. The molecule has 5 nitrogen and oxygen atoms in total. The van der Waals surface area contributed by atoms with Crippen LogP contribution in [0.4, 0.5) is 0 Å². The Morgan fingerprint density at radius 1 is 1.35 bits per heavy atom. The fraction of sp³-hybridized carbons (Fsp3) is 0.533. The van der Waals surface area contributed by atoms with Gasteiger partial charge >= 0.3 is 5.97 Å². The zero-order chi connectivity index (χ0) is 13.8. The molecular weight excluding hydrogens is 256 g/mol. The number of carbonyl (C=O) groups excluding carboxylic acids is 1. The van der Waals surface area contributed by atoms with Crippen LogP contribution in [0, 0.1) is 0 Å². The predicted octanol–water partition coefficient (Wildman–Crippen LogP) is 0.402. The molecule has 0 saturated carbocycles.